The van der Waals surface area contributed by atoms with E-state index >= 15 is 0 Å². The molecule has 3 aromatic carbocycles. The van der Waals surface area contributed by atoms with E-state index in [9.17, 15) is 0 Å². The van der Waals surface area contributed by atoms with Gasteiger partial charge in [0.1, 0.15) is 0 Å². The summed E-state index contributed by atoms with van der Waals surface area (Å²) in [4.78, 5) is 14.0. The van der Waals surface area contributed by atoms with Crippen molar-refractivity contribution in [2.75, 3.05) is 0 Å². The zero-order valence-corrected chi connectivity index (χ0v) is 30.2. The van der Waals surface area contributed by atoms with Crippen molar-refractivity contribution in [3.05, 3.63) is 137 Å². The first kappa shape index (κ1) is 33.9. The molecule has 0 fully saturated rings. The molecule has 0 unspecified atom stereocenters. The number of fused-ring (bicyclic) bond motifs is 3. The van der Waals surface area contributed by atoms with E-state index < -0.39 is 0 Å². The number of hydrogen-bond acceptors (Lipinski definition) is 4. The van der Waals surface area contributed by atoms with Gasteiger partial charge < -0.3 is 14.4 Å². The third kappa shape index (κ3) is 7.12. The predicted molar refractivity (Wildman–Crippen MR) is 190 cm³/mol. The first-order valence-corrected chi connectivity index (χ1v) is 16.0. The molecule has 239 valence electrons. The van der Waals surface area contributed by atoms with E-state index in [0.717, 1.165) is 57.4 Å². The summed E-state index contributed by atoms with van der Waals surface area (Å²) in [5.74, 6) is 0.531. The van der Waals surface area contributed by atoms with Crippen molar-refractivity contribution in [2.24, 2.45) is 0 Å². The van der Waals surface area contributed by atoms with Gasteiger partial charge in [-0.3, -0.25) is 0 Å². The van der Waals surface area contributed by atoms with Gasteiger partial charge in [-0.25, -0.2) is 4.98 Å². The van der Waals surface area contributed by atoms with Crippen LogP contribution in [0.2, 0.25) is 0 Å². The Balaban J connectivity index is 0.000000260. The van der Waals surface area contributed by atoms with Crippen LogP contribution in [0.5, 0.6) is 0 Å². The minimum absolute atomic E-state index is 0. The van der Waals surface area contributed by atoms with Gasteiger partial charge in [-0.05, 0) is 97.8 Å². The Hall–Kier alpha value is -4.44. The summed E-state index contributed by atoms with van der Waals surface area (Å²) < 4.78 is 6.38. The smallest absolute Gasteiger partial charge is 0.216 e. The Morgan fingerprint density at radius 1 is 0.681 bits per heavy atom. The first-order valence-electron chi connectivity index (χ1n) is 16.0. The number of furan rings is 1. The molecule has 0 aliphatic heterocycles. The number of pyridine rings is 3. The Morgan fingerprint density at radius 3 is 2.11 bits per heavy atom. The van der Waals surface area contributed by atoms with Crippen LogP contribution >= 0.6 is 0 Å². The van der Waals surface area contributed by atoms with Gasteiger partial charge in [0.05, 0.1) is 11.3 Å². The maximum Gasteiger partial charge on any atom is 0.216 e. The fourth-order valence-corrected chi connectivity index (χ4v) is 6.19. The van der Waals surface area contributed by atoms with Crippen LogP contribution in [0.3, 0.4) is 0 Å². The van der Waals surface area contributed by atoms with Crippen LogP contribution in [-0.4, -0.2) is 15.0 Å². The van der Waals surface area contributed by atoms with Crippen LogP contribution in [0.25, 0.3) is 55.8 Å². The molecule has 0 spiro atoms. The molecular weight excluding hydrogens is 755 g/mol. The van der Waals surface area contributed by atoms with E-state index in [1.165, 1.54) is 33.4 Å². The molecular formula is C42H39IrN3O-2. The van der Waals surface area contributed by atoms with Gasteiger partial charge in [0.15, 0.2) is 0 Å². The molecule has 0 N–H and O–H groups in total. The SMILES string of the molecule is CCC(CC)c1cc(-c2[c-]ccc3c2oc2nc(-c4c(C)cccc4C)ccc23)ncc1C.Cc1ccc(-c2[c-]cccc2)nc1.[Ir]. The van der Waals surface area contributed by atoms with Gasteiger partial charge in [0.2, 0.25) is 5.71 Å². The van der Waals surface area contributed by atoms with Crippen LogP contribution in [0.15, 0.2) is 102 Å². The van der Waals surface area contributed by atoms with Gasteiger partial charge in [-0.15, -0.1) is 54.1 Å². The molecule has 0 saturated heterocycles. The second-order valence-corrected chi connectivity index (χ2v) is 12.0. The van der Waals surface area contributed by atoms with Crippen molar-refractivity contribution < 1.29 is 24.5 Å². The Morgan fingerprint density at radius 2 is 1.43 bits per heavy atom. The van der Waals surface area contributed by atoms with Gasteiger partial charge in [-0.2, -0.15) is 0 Å². The average Bonchev–Trinajstić information content (AvgIpc) is 3.45. The standard InChI is InChI=1S/C30H29N2O.C12H10N.Ir/c1-6-21(7-2)25-16-27(31-17-20(25)5)24-13-9-12-22-23-14-15-26(32-30(23)33-29(22)24)28-18(3)10-8-11-19(28)4;1-10-7-8-12(13-9-10)11-5-3-2-4-6-11;/h8-12,14-17,21H,6-7H2,1-5H3;2-5,7-9H,1H3;/q2*-1;. The van der Waals surface area contributed by atoms with E-state index in [4.69, 9.17) is 14.4 Å². The number of rotatable bonds is 6. The molecule has 0 atom stereocenters. The van der Waals surface area contributed by atoms with Gasteiger partial charge in [0.25, 0.3) is 0 Å². The van der Waals surface area contributed by atoms with Gasteiger partial charge in [-0.1, -0.05) is 61.2 Å². The minimum Gasteiger partial charge on any atom is -0.486 e. The first-order chi connectivity index (χ1) is 22.4. The third-order valence-electron chi connectivity index (χ3n) is 8.76. The molecule has 4 aromatic heterocycles. The molecule has 0 aliphatic carbocycles. The molecule has 7 rings (SSSR count). The molecule has 7 aromatic rings. The fourth-order valence-electron chi connectivity index (χ4n) is 6.19. The third-order valence-corrected chi connectivity index (χ3v) is 8.76. The number of hydrogen-bond donors (Lipinski definition) is 0. The summed E-state index contributed by atoms with van der Waals surface area (Å²) in [5.41, 5.74) is 13.6. The van der Waals surface area contributed by atoms with Crippen molar-refractivity contribution in [3.63, 3.8) is 0 Å². The predicted octanol–water partition coefficient (Wildman–Crippen LogP) is 11.2. The Labute approximate surface area is 291 Å². The molecule has 4 nitrogen and oxygen atoms in total. The molecule has 47 heavy (non-hydrogen) atoms. The van der Waals surface area contributed by atoms with E-state index in [1.54, 1.807) is 0 Å². The number of aromatic nitrogens is 3. The number of aryl methyl sites for hydroxylation is 4. The van der Waals surface area contributed by atoms with Crippen LogP contribution in [-0.2, 0) is 20.1 Å². The molecule has 0 saturated carbocycles. The number of nitrogens with zero attached hydrogens (tertiary/aromatic N) is 3. The summed E-state index contributed by atoms with van der Waals surface area (Å²) in [6, 6.07) is 35.3. The largest absolute Gasteiger partial charge is 0.486 e. The van der Waals surface area contributed by atoms with Crippen molar-refractivity contribution in [3.8, 4) is 33.8 Å². The summed E-state index contributed by atoms with van der Waals surface area (Å²) in [6.07, 6.45) is 6.08. The van der Waals surface area contributed by atoms with Gasteiger partial charge in [0, 0.05) is 43.4 Å². The molecule has 0 bridgehead atoms. The van der Waals surface area contributed by atoms with Crippen molar-refractivity contribution in [1.29, 1.82) is 0 Å². The zero-order valence-electron chi connectivity index (χ0n) is 27.8. The molecule has 0 aliphatic rings. The minimum atomic E-state index is 0. The maximum atomic E-state index is 6.38. The second kappa shape index (κ2) is 15.0. The van der Waals surface area contributed by atoms with Crippen molar-refractivity contribution in [1.82, 2.24) is 15.0 Å². The van der Waals surface area contributed by atoms with Gasteiger partial charge >= 0.3 is 0 Å². The second-order valence-electron chi connectivity index (χ2n) is 12.0. The summed E-state index contributed by atoms with van der Waals surface area (Å²) >= 11 is 0. The van der Waals surface area contributed by atoms with E-state index in [-0.39, 0.29) is 20.1 Å². The molecule has 4 heterocycles. The molecule has 5 heteroatoms. The summed E-state index contributed by atoms with van der Waals surface area (Å²) in [5, 5.41) is 2.06. The Bertz CT molecular complexity index is 2090. The normalized spacial score (nSPS) is 11.0. The number of benzene rings is 3. The topological polar surface area (TPSA) is 51.8 Å². The Kier molecular flexibility index (Phi) is 10.8. The van der Waals surface area contributed by atoms with Crippen LogP contribution < -0.4 is 0 Å². The average molecular weight is 794 g/mol. The van der Waals surface area contributed by atoms with E-state index in [1.807, 2.05) is 55.7 Å². The summed E-state index contributed by atoms with van der Waals surface area (Å²) in [6.45, 7) is 12.9. The van der Waals surface area contributed by atoms with E-state index in [2.05, 4.69) is 100 Å². The summed E-state index contributed by atoms with van der Waals surface area (Å²) in [7, 11) is 0. The van der Waals surface area contributed by atoms with Crippen molar-refractivity contribution >= 4 is 22.1 Å². The quantitative estimate of drug-likeness (QED) is 0.157. The van der Waals surface area contributed by atoms with Crippen LogP contribution in [0.4, 0.5) is 0 Å². The monoisotopic (exact) mass is 794 g/mol. The van der Waals surface area contributed by atoms with Crippen LogP contribution in [0.1, 0.15) is 60.4 Å². The molecule has 1 radical (unpaired) electrons. The zero-order chi connectivity index (χ0) is 32.2. The molecule has 0 amide bonds. The van der Waals surface area contributed by atoms with Crippen molar-refractivity contribution in [2.45, 2.75) is 60.3 Å². The van der Waals surface area contributed by atoms with E-state index in [0.29, 0.717) is 11.6 Å². The maximum absolute atomic E-state index is 6.38. The fraction of sp³-hybridized carbons (Fsp3) is 0.214. The van der Waals surface area contributed by atoms with Crippen LogP contribution in [0, 0.1) is 39.8 Å².